The van der Waals surface area contributed by atoms with Crippen molar-refractivity contribution in [1.82, 2.24) is 4.98 Å². The number of rotatable bonds is 4. The minimum Gasteiger partial charge on any atom is -0.370 e. The molecule has 0 fully saturated rings. The van der Waals surface area contributed by atoms with Crippen molar-refractivity contribution in [1.29, 1.82) is 0 Å². The SMILES string of the molecule is CC(C)c1cccc(NC(N)=NCc2nccs2)c1.I. The number of guanidine groups is 1. The third kappa shape index (κ3) is 5.09. The summed E-state index contributed by atoms with van der Waals surface area (Å²) in [5, 5.41) is 5.99. The molecule has 0 saturated carbocycles. The van der Waals surface area contributed by atoms with Crippen LogP contribution in [0.2, 0.25) is 0 Å². The van der Waals surface area contributed by atoms with Crippen LogP contribution in [0.1, 0.15) is 30.3 Å². The number of nitrogens with one attached hydrogen (secondary N) is 1. The molecule has 0 aliphatic heterocycles. The third-order valence-corrected chi connectivity index (χ3v) is 3.46. The van der Waals surface area contributed by atoms with Crippen molar-refractivity contribution < 1.29 is 0 Å². The average molecular weight is 402 g/mol. The Balaban J connectivity index is 0.00000200. The molecule has 108 valence electrons. The van der Waals surface area contributed by atoms with E-state index >= 15 is 0 Å². The fourth-order valence-electron chi connectivity index (χ4n) is 1.65. The molecule has 4 nitrogen and oxygen atoms in total. The van der Waals surface area contributed by atoms with Gasteiger partial charge in [-0.15, -0.1) is 35.3 Å². The highest BCUT2D eigenvalue weighted by molar-refractivity contribution is 14.0. The van der Waals surface area contributed by atoms with Gasteiger partial charge in [-0.1, -0.05) is 26.0 Å². The number of thiazole rings is 1. The summed E-state index contributed by atoms with van der Waals surface area (Å²) in [6.07, 6.45) is 1.77. The van der Waals surface area contributed by atoms with Crippen molar-refractivity contribution in [3.05, 3.63) is 46.4 Å². The number of hydrogen-bond acceptors (Lipinski definition) is 3. The molecule has 1 heterocycles. The van der Waals surface area contributed by atoms with Crippen molar-refractivity contribution in [3.63, 3.8) is 0 Å². The Morgan fingerprint density at radius 2 is 2.25 bits per heavy atom. The number of aliphatic imine (C=N–C) groups is 1. The molecular weight excluding hydrogens is 383 g/mol. The molecule has 1 aromatic heterocycles. The second-order valence-electron chi connectivity index (χ2n) is 4.53. The maximum Gasteiger partial charge on any atom is 0.193 e. The lowest BCUT2D eigenvalue weighted by Crippen LogP contribution is -2.22. The van der Waals surface area contributed by atoms with E-state index in [1.54, 1.807) is 17.5 Å². The molecule has 20 heavy (non-hydrogen) atoms. The van der Waals surface area contributed by atoms with Crippen molar-refractivity contribution in [2.24, 2.45) is 10.7 Å². The van der Waals surface area contributed by atoms with Crippen LogP contribution in [-0.2, 0) is 6.54 Å². The first-order valence-electron chi connectivity index (χ1n) is 6.20. The van der Waals surface area contributed by atoms with Crippen molar-refractivity contribution in [2.45, 2.75) is 26.3 Å². The van der Waals surface area contributed by atoms with Gasteiger partial charge in [-0.2, -0.15) is 0 Å². The van der Waals surface area contributed by atoms with E-state index in [0.717, 1.165) is 10.7 Å². The molecule has 0 aliphatic carbocycles. The van der Waals surface area contributed by atoms with Crippen LogP contribution >= 0.6 is 35.3 Å². The van der Waals surface area contributed by atoms with E-state index in [9.17, 15) is 0 Å². The zero-order valence-corrected chi connectivity index (χ0v) is 14.7. The van der Waals surface area contributed by atoms with E-state index in [1.165, 1.54) is 5.56 Å². The van der Waals surface area contributed by atoms with E-state index in [2.05, 4.69) is 41.3 Å². The number of nitrogens with two attached hydrogens (primary N) is 1. The van der Waals surface area contributed by atoms with E-state index in [1.807, 2.05) is 17.5 Å². The van der Waals surface area contributed by atoms with Gasteiger partial charge in [0, 0.05) is 17.3 Å². The Bertz CT molecular complexity index is 552. The molecule has 2 aromatic rings. The number of anilines is 1. The van der Waals surface area contributed by atoms with Gasteiger partial charge in [0.15, 0.2) is 5.96 Å². The van der Waals surface area contributed by atoms with Crippen molar-refractivity contribution in [3.8, 4) is 0 Å². The minimum atomic E-state index is 0. The fourth-order valence-corrected chi connectivity index (χ4v) is 2.19. The van der Waals surface area contributed by atoms with Gasteiger partial charge in [0.1, 0.15) is 5.01 Å². The van der Waals surface area contributed by atoms with Gasteiger partial charge >= 0.3 is 0 Å². The Labute approximate surface area is 140 Å². The van der Waals surface area contributed by atoms with Gasteiger partial charge in [0.05, 0.1) is 6.54 Å². The summed E-state index contributed by atoms with van der Waals surface area (Å²) in [4.78, 5) is 8.43. The van der Waals surface area contributed by atoms with Crippen LogP contribution in [0.3, 0.4) is 0 Å². The molecular formula is C14H19IN4S. The molecule has 0 radical (unpaired) electrons. The molecule has 2 rings (SSSR count). The minimum absolute atomic E-state index is 0. The highest BCUT2D eigenvalue weighted by atomic mass is 127. The second kappa shape index (κ2) is 8.21. The Morgan fingerprint density at radius 3 is 2.90 bits per heavy atom. The molecule has 0 aliphatic rings. The molecule has 0 atom stereocenters. The Morgan fingerprint density at radius 1 is 1.45 bits per heavy atom. The van der Waals surface area contributed by atoms with Gasteiger partial charge < -0.3 is 11.1 Å². The summed E-state index contributed by atoms with van der Waals surface area (Å²) >= 11 is 1.58. The van der Waals surface area contributed by atoms with E-state index < -0.39 is 0 Å². The maximum atomic E-state index is 5.86. The van der Waals surface area contributed by atoms with Crippen LogP contribution in [0.4, 0.5) is 5.69 Å². The van der Waals surface area contributed by atoms with Crippen LogP contribution in [-0.4, -0.2) is 10.9 Å². The average Bonchev–Trinajstić information content (AvgIpc) is 2.90. The molecule has 0 unspecified atom stereocenters. The van der Waals surface area contributed by atoms with Gasteiger partial charge in [-0.05, 0) is 23.6 Å². The van der Waals surface area contributed by atoms with Gasteiger partial charge in [-0.3, -0.25) is 0 Å². The van der Waals surface area contributed by atoms with Crippen LogP contribution < -0.4 is 11.1 Å². The quantitative estimate of drug-likeness (QED) is 0.465. The maximum absolute atomic E-state index is 5.86. The largest absolute Gasteiger partial charge is 0.370 e. The van der Waals surface area contributed by atoms with Gasteiger partial charge in [0.25, 0.3) is 0 Å². The number of nitrogens with zero attached hydrogens (tertiary/aromatic N) is 2. The lowest BCUT2D eigenvalue weighted by Gasteiger charge is -2.09. The summed E-state index contributed by atoms with van der Waals surface area (Å²) in [5.41, 5.74) is 8.10. The predicted octanol–water partition coefficient (Wildman–Crippen LogP) is 3.81. The zero-order valence-electron chi connectivity index (χ0n) is 11.5. The summed E-state index contributed by atoms with van der Waals surface area (Å²) < 4.78 is 0. The first-order valence-corrected chi connectivity index (χ1v) is 7.08. The van der Waals surface area contributed by atoms with Crippen LogP contribution in [0.25, 0.3) is 0 Å². The smallest absolute Gasteiger partial charge is 0.193 e. The van der Waals surface area contributed by atoms with Crippen LogP contribution in [0.15, 0.2) is 40.8 Å². The molecule has 0 bridgehead atoms. The van der Waals surface area contributed by atoms with Gasteiger partial charge in [0.2, 0.25) is 0 Å². The van der Waals surface area contributed by atoms with Gasteiger partial charge in [-0.25, -0.2) is 9.98 Å². The standard InChI is InChI=1S/C14H18N4S.HI/c1-10(2)11-4-3-5-12(8-11)18-14(15)17-9-13-16-6-7-19-13;/h3-8,10H,9H2,1-2H3,(H3,15,17,18);1H. The zero-order chi connectivity index (χ0) is 13.7. The number of benzene rings is 1. The number of halogens is 1. The Hall–Kier alpha value is -1.15. The Kier molecular flexibility index (Phi) is 6.94. The summed E-state index contributed by atoms with van der Waals surface area (Å²) in [5.74, 6) is 0.909. The fraction of sp³-hybridized carbons (Fsp3) is 0.286. The van der Waals surface area contributed by atoms with Crippen LogP contribution in [0.5, 0.6) is 0 Å². The number of hydrogen-bond donors (Lipinski definition) is 2. The van der Waals surface area contributed by atoms with Crippen molar-refractivity contribution in [2.75, 3.05) is 5.32 Å². The van der Waals surface area contributed by atoms with Crippen LogP contribution in [0, 0.1) is 0 Å². The topological polar surface area (TPSA) is 63.3 Å². The van der Waals surface area contributed by atoms with Crippen molar-refractivity contribution >= 4 is 47.0 Å². The lowest BCUT2D eigenvalue weighted by molar-refractivity contribution is 0.867. The third-order valence-electron chi connectivity index (χ3n) is 2.69. The molecule has 0 saturated heterocycles. The lowest BCUT2D eigenvalue weighted by atomic mass is 10.0. The summed E-state index contributed by atoms with van der Waals surface area (Å²) in [6.45, 7) is 4.85. The first-order chi connectivity index (χ1) is 9.15. The normalized spacial score (nSPS) is 11.2. The van der Waals surface area contributed by atoms with E-state index in [0.29, 0.717) is 18.4 Å². The molecule has 1 aromatic carbocycles. The highest BCUT2D eigenvalue weighted by Crippen LogP contribution is 2.18. The number of aromatic nitrogens is 1. The molecule has 0 amide bonds. The summed E-state index contributed by atoms with van der Waals surface area (Å²) in [7, 11) is 0. The molecule has 6 heteroatoms. The van der Waals surface area contributed by atoms with E-state index in [4.69, 9.17) is 5.73 Å². The predicted molar refractivity (Wildman–Crippen MR) is 97.0 cm³/mol. The summed E-state index contributed by atoms with van der Waals surface area (Å²) in [6, 6.07) is 8.21. The molecule has 0 spiro atoms. The monoisotopic (exact) mass is 402 g/mol. The van der Waals surface area contributed by atoms with E-state index in [-0.39, 0.29) is 24.0 Å². The second-order valence-corrected chi connectivity index (χ2v) is 5.51. The molecule has 3 N–H and O–H groups in total. The highest BCUT2D eigenvalue weighted by Gasteiger charge is 2.01. The first kappa shape index (κ1) is 16.9.